The third kappa shape index (κ3) is 3.07. The van der Waals surface area contributed by atoms with Crippen LogP contribution in [0.3, 0.4) is 0 Å². The largest absolute Gasteiger partial charge is 0.490 e. The molecule has 4 atom stereocenters. The van der Waals surface area contributed by atoms with Gasteiger partial charge in [-0.3, -0.25) is 0 Å². The standard InChI is InChI=1S/C12H12ClF3N6O3/c13-11-20-8(18)5-9(21-11)22(2-19-5)4-1-3(17)7(6(4)23)25-10(24)12(14,15)16/h2-4,6-7,23H,1,17H2,(H2,18,20,21)/t3-,4-,6-,7-/m1/s1. The fourth-order valence-corrected chi connectivity index (χ4v) is 2.97. The fraction of sp³-hybridized carbons (Fsp3) is 0.500. The highest BCUT2D eigenvalue weighted by Crippen LogP contribution is 2.35. The Labute approximate surface area is 142 Å². The summed E-state index contributed by atoms with van der Waals surface area (Å²) in [6.45, 7) is 0. The van der Waals surface area contributed by atoms with E-state index in [1.165, 1.54) is 10.9 Å². The van der Waals surface area contributed by atoms with Gasteiger partial charge in [0.1, 0.15) is 17.7 Å². The Morgan fingerprint density at radius 1 is 1.44 bits per heavy atom. The number of carbonyl (C=O) groups is 1. The van der Waals surface area contributed by atoms with Gasteiger partial charge in [0, 0.05) is 6.04 Å². The number of rotatable bonds is 2. The maximum absolute atomic E-state index is 12.4. The number of aliphatic hydroxyl groups excluding tert-OH is 1. The molecule has 1 aliphatic carbocycles. The van der Waals surface area contributed by atoms with Crippen molar-refractivity contribution in [2.75, 3.05) is 5.73 Å². The predicted octanol–water partition coefficient (Wildman–Crippen LogP) is 0.169. The molecule has 0 aliphatic heterocycles. The molecule has 9 nitrogen and oxygen atoms in total. The molecular weight excluding hydrogens is 369 g/mol. The number of alkyl halides is 3. The number of imidazole rings is 1. The van der Waals surface area contributed by atoms with Gasteiger partial charge >= 0.3 is 12.1 Å². The molecule has 1 fully saturated rings. The molecule has 2 aromatic heterocycles. The average Bonchev–Trinajstić information content (AvgIpc) is 3.02. The second-order valence-electron chi connectivity index (χ2n) is 5.53. The summed E-state index contributed by atoms with van der Waals surface area (Å²) in [5, 5.41) is 10.2. The van der Waals surface area contributed by atoms with E-state index in [2.05, 4.69) is 19.7 Å². The Morgan fingerprint density at radius 3 is 2.76 bits per heavy atom. The van der Waals surface area contributed by atoms with Crippen LogP contribution in [0.25, 0.3) is 11.2 Å². The smallest absolute Gasteiger partial charge is 0.451 e. The lowest BCUT2D eigenvalue weighted by molar-refractivity contribution is -0.208. The number of fused-ring (bicyclic) bond motifs is 1. The first kappa shape index (κ1) is 17.6. The SMILES string of the molecule is Nc1nc(Cl)nc2c1ncn2[C@@H]1C[C@@H](N)[C@@H](OC(=O)C(F)(F)F)[C@@H]1O. The van der Waals surface area contributed by atoms with E-state index in [1.54, 1.807) is 0 Å². The Morgan fingerprint density at radius 2 is 2.12 bits per heavy atom. The minimum absolute atomic E-state index is 0.00517. The Balaban J connectivity index is 1.91. The van der Waals surface area contributed by atoms with Crippen molar-refractivity contribution in [1.29, 1.82) is 0 Å². The quantitative estimate of drug-likeness (QED) is 0.494. The third-order valence-corrected chi connectivity index (χ3v) is 4.09. The molecule has 2 aromatic rings. The molecule has 0 amide bonds. The number of carbonyl (C=O) groups excluding carboxylic acids is 1. The van der Waals surface area contributed by atoms with E-state index < -0.39 is 36.4 Å². The van der Waals surface area contributed by atoms with Crippen molar-refractivity contribution in [3.8, 4) is 0 Å². The third-order valence-electron chi connectivity index (χ3n) is 3.92. The van der Waals surface area contributed by atoms with E-state index in [-0.39, 0.29) is 28.7 Å². The van der Waals surface area contributed by atoms with Crippen molar-refractivity contribution < 1.29 is 27.8 Å². The highest BCUT2D eigenvalue weighted by molar-refractivity contribution is 6.28. The van der Waals surface area contributed by atoms with Crippen molar-refractivity contribution in [2.24, 2.45) is 5.73 Å². The summed E-state index contributed by atoms with van der Waals surface area (Å²) in [4.78, 5) is 22.7. The number of ether oxygens (including phenoxy) is 1. The molecule has 136 valence electrons. The molecule has 13 heteroatoms. The molecule has 0 unspecified atom stereocenters. The number of hydrogen-bond acceptors (Lipinski definition) is 8. The zero-order valence-corrected chi connectivity index (χ0v) is 13.1. The van der Waals surface area contributed by atoms with Gasteiger partial charge in [0.25, 0.3) is 0 Å². The summed E-state index contributed by atoms with van der Waals surface area (Å²) in [7, 11) is 0. The van der Waals surface area contributed by atoms with Gasteiger partial charge in [0.05, 0.1) is 12.4 Å². The van der Waals surface area contributed by atoms with E-state index in [0.29, 0.717) is 0 Å². The molecular formula is C12H12ClF3N6O3. The molecule has 5 N–H and O–H groups in total. The highest BCUT2D eigenvalue weighted by atomic mass is 35.5. The molecule has 0 bridgehead atoms. The number of aliphatic hydroxyl groups is 1. The number of hydrogen-bond donors (Lipinski definition) is 3. The minimum Gasteiger partial charge on any atom is -0.451 e. The summed E-state index contributed by atoms with van der Waals surface area (Å²) in [5.74, 6) is -2.41. The summed E-state index contributed by atoms with van der Waals surface area (Å²) in [6.07, 6.45) is -6.93. The summed E-state index contributed by atoms with van der Waals surface area (Å²) in [5.41, 5.74) is 11.8. The van der Waals surface area contributed by atoms with Crippen molar-refractivity contribution in [3.63, 3.8) is 0 Å². The van der Waals surface area contributed by atoms with Gasteiger partial charge in [-0.2, -0.15) is 23.1 Å². The normalized spacial score (nSPS) is 27.0. The molecule has 0 aromatic carbocycles. The minimum atomic E-state index is -5.19. The summed E-state index contributed by atoms with van der Waals surface area (Å²) >= 11 is 5.75. The second-order valence-corrected chi connectivity index (χ2v) is 5.87. The lowest BCUT2D eigenvalue weighted by Gasteiger charge is -2.22. The van der Waals surface area contributed by atoms with E-state index in [0.717, 1.165) is 0 Å². The van der Waals surface area contributed by atoms with E-state index >= 15 is 0 Å². The molecule has 0 spiro atoms. The second kappa shape index (κ2) is 5.97. The van der Waals surface area contributed by atoms with Crippen molar-refractivity contribution >= 4 is 34.6 Å². The van der Waals surface area contributed by atoms with Crippen LogP contribution in [0.15, 0.2) is 6.33 Å². The number of nitrogen functional groups attached to an aromatic ring is 1. The molecule has 0 saturated heterocycles. The van der Waals surface area contributed by atoms with Crippen LogP contribution in [-0.2, 0) is 9.53 Å². The monoisotopic (exact) mass is 380 g/mol. The van der Waals surface area contributed by atoms with Crippen LogP contribution in [0, 0.1) is 0 Å². The Kier molecular flexibility index (Phi) is 4.21. The summed E-state index contributed by atoms with van der Waals surface area (Å²) in [6, 6.07) is -1.85. The first-order chi connectivity index (χ1) is 11.6. The number of nitrogens with zero attached hydrogens (tertiary/aromatic N) is 4. The highest BCUT2D eigenvalue weighted by Gasteiger charge is 2.49. The van der Waals surface area contributed by atoms with Gasteiger partial charge in [-0.25, -0.2) is 9.78 Å². The molecule has 0 radical (unpaired) electrons. The van der Waals surface area contributed by atoms with Crippen LogP contribution >= 0.6 is 11.6 Å². The van der Waals surface area contributed by atoms with Crippen molar-refractivity contribution in [3.05, 3.63) is 11.6 Å². The van der Waals surface area contributed by atoms with E-state index in [4.69, 9.17) is 23.1 Å². The number of aromatic nitrogens is 4. The molecule has 1 aliphatic rings. The molecule has 3 rings (SSSR count). The first-order valence-electron chi connectivity index (χ1n) is 6.96. The van der Waals surface area contributed by atoms with Crippen LogP contribution in [0.2, 0.25) is 5.28 Å². The zero-order valence-electron chi connectivity index (χ0n) is 12.3. The first-order valence-corrected chi connectivity index (χ1v) is 7.34. The van der Waals surface area contributed by atoms with Crippen molar-refractivity contribution in [1.82, 2.24) is 19.5 Å². The van der Waals surface area contributed by atoms with Crippen molar-refractivity contribution in [2.45, 2.75) is 36.9 Å². The number of nitrogens with two attached hydrogens (primary N) is 2. The van der Waals surface area contributed by atoms with Gasteiger partial charge < -0.3 is 25.9 Å². The number of halogens is 4. The average molecular weight is 381 g/mol. The lowest BCUT2D eigenvalue weighted by Crippen LogP contribution is -2.43. The lowest BCUT2D eigenvalue weighted by atomic mass is 10.2. The predicted molar refractivity (Wildman–Crippen MR) is 78.3 cm³/mol. The Hall–Kier alpha value is -2.18. The Bertz CT molecular complexity index is 828. The maximum atomic E-state index is 12.4. The molecule has 25 heavy (non-hydrogen) atoms. The van der Waals surface area contributed by atoms with Gasteiger partial charge in [-0.1, -0.05) is 0 Å². The summed E-state index contributed by atoms with van der Waals surface area (Å²) < 4.78 is 42.8. The van der Waals surface area contributed by atoms with Gasteiger partial charge in [0.15, 0.2) is 11.5 Å². The van der Waals surface area contributed by atoms with E-state index in [9.17, 15) is 23.1 Å². The van der Waals surface area contributed by atoms with E-state index in [1.807, 2.05) is 0 Å². The van der Waals surface area contributed by atoms with Gasteiger partial charge in [0.2, 0.25) is 5.28 Å². The fourth-order valence-electron chi connectivity index (χ4n) is 2.80. The zero-order chi connectivity index (χ0) is 18.5. The number of esters is 1. The van der Waals surface area contributed by atoms with Crippen LogP contribution in [-0.4, -0.2) is 55.0 Å². The van der Waals surface area contributed by atoms with Gasteiger partial charge in [-0.05, 0) is 18.0 Å². The van der Waals surface area contributed by atoms with Gasteiger partial charge in [-0.15, -0.1) is 0 Å². The topological polar surface area (TPSA) is 142 Å². The molecule has 2 heterocycles. The maximum Gasteiger partial charge on any atom is 0.490 e. The van der Waals surface area contributed by atoms with Crippen LogP contribution in [0.5, 0.6) is 0 Å². The van der Waals surface area contributed by atoms with Crippen LogP contribution in [0.1, 0.15) is 12.5 Å². The molecule has 1 saturated carbocycles. The number of anilines is 1. The van der Waals surface area contributed by atoms with Crippen LogP contribution < -0.4 is 11.5 Å². The van der Waals surface area contributed by atoms with Crippen LogP contribution in [0.4, 0.5) is 19.0 Å².